The molecule has 0 N–H and O–H groups in total. The summed E-state index contributed by atoms with van der Waals surface area (Å²) in [6.45, 7) is 4.19. The molecule has 0 spiro atoms. The molecular weight excluding hydrogens is 204 g/mol. The van der Waals surface area contributed by atoms with Crippen LogP contribution < -0.4 is 0 Å². The van der Waals surface area contributed by atoms with Crippen LogP contribution in [0.2, 0.25) is 0 Å². The van der Waals surface area contributed by atoms with E-state index < -0.39 is 6.16 Å². The second kappa shape index (κ2) is 4.73. The maximum Gasteiger partial charge on any atom is 0.509 e. The SMILES string of the molecule is CC[C@H]1C[C@@H](C2=CC(C)CC=C2)OC(=O)O1. The van der Waals surface area contributed by atoms with Gasteiger partial charge >= 0.3 is 6.16 Å². The van der Waals surface area contributed by atoms with Gasteiger partial charge in [0.1, 0.15) is 12.2 Å². The lowest BCUT2D eigenvalue weighted by molar-refractivity contribution is -0.0484. The van der Waals surface area contributed by atoms with Crippen molar-refractivity contribution in [3.8, 4) is 0 Å². The Labute approximate surface area is 96.1 Å². The number of rotatable bonds is 2. The van der Waals surface area contributed by atoms with Gasteiger partial charge in [0.2, 0.25) is 0 Å². The number of carbonyl (C=O) groups is 1. The van der Waals surface area contributed by atoms with E-state index in [2.05, 4.69) is 25.2 Å². The first kappa shape index (κ1) is 11.2. The summed E-state index contributed by atoms with van der Waals surface area (Å²) in [5.74, 6) is 0.529. The van der Waals surface area contributed by atoms with Crippen molar-refractivity contribution in [1.29, 1.82) is 0 Å². The maximum absolute atomic E-state index is 11.3. The molecule has 2 aliphatic rings. The Hall–Kier alpha value is -1.25. The molecule has 0 aromatic carbocycles. The Bertz CT molecular complexity index is 330. The Kier molecular flexibility index (Phi) is 3.32. The van der Waals surface area contributed by atoms with Crippen LogP contribution in [0, 0.1) is 5.92 Å². The molecule has 0 saturated carbocycles. The van der Waals surface area contributed by atoms with Gasteiger partial charge < -0.3 is 9.47 Å². The zero-order chi connectivity index (χ0) is 11.5. The highest BCUT2D eigenvalue weighted by molar-refractivity contribution is 5.62. The molecule has 1 fully saturated rings. The Morgan fingerprint density at radius 3 is 2.94 bits per heavy atom. The third kappa shape index (κ3) is 2.46. The molecule has 1 heterocycles. The van der Waals surface area contributed by atoms with Crippen LogP contribution in [0.5, 0.6) is 0 Å². The second-order valence-corrected chi connectivity index (χ2v) is 4.52. The monoisotopic (exact) mass is 222 g/mol. The largest absolute Gasteiger partial charge is 0.509 e. The third-order valence-corrected chi connectivity index (χ3v) is 3.10. The van der Waals surface area contributed by atoms with Gasteiger partial charge in [-0.3, -0.25) is 0 Å². The molecule has 88 valence electrons. The fraction of sp³-hybridized carbons (Fsp3) is 0.615. The number of ether oxygens (including phenoxy) is 2. The molecule has 1 saturated heterocycles. The summed E-state index contributed by atoms with van der Waals surface area (Å²) in [6, 6.07) is 0. The number of hydrogen-bond acceptors (Lipinski definition) is 3. The minimum absolute atomic E-state index is 0.00205. The van der Waals surface area contributed by atoms with Crippen LogP contribution in [-0.2, 0) is 9.47 Å². The average molecular weight is 222 g/mol. The zero-order valence-corrected chi connectivity index (χ0v) is 9.81. The molecule has 0 radical (unpaired) electrons. The predicted octanol–water partition coefficient (Wildman–Crippen LogP) is 3.21. The zero-order valence-electron chi connectivity index (χ0n) is 9.81. The van der Waals surface area contributed by atoms with Crippen molar-refractivity contribution in [2.75, 3.05) is 0 Å². The van der Waals surface area contributed by atoms with Crippen molar-refractivity contribution in [2.24, 2.45) is 5.92 Å². The van der Waals surface area contributed by atoms with Crippen LogP contribution in [0.25, 0.3) is 0 Å². The van der Waals surface area contributed by atoms with Gasteiger partial charge in [-0.25, -0.2) is 4.79 Å². The lowest BCUT2D eigenvalue weighted by atomic mass is 9.92. The van der Waals surface area contributed by atoms with Gasteiger partial charge in [0.05, 0.1) is 0 Å². The van der Waals surface area contributed by atoms with Gasteiger partial charge in [0.15, 0.2) is 0 Å². The molecule has 0 amide bonds. The Morgan fingerprint density at radius 2 is 2.25 bits per heavy atom. The van der Waals surface area contributed by atoms with Crippen molar-refractivity contribution in [1.82, 2.24) is 0 Å². The van der Waals surface area contributed by atoms with E-state index in [0.29, 0.717) is 5.92 Å². The minimum Gasteiger partial charge on any atom is -0.431 e. The lowest BCUT2D eigenvalue weighted by Crippen LogP contribution is -2.35. The number of cyclic esters (lactones) is 2. The van der Waals surface area contributed by atoms with Crippen LogP contribution in [0.1, 0.15) is 33.1 Å². The molecule has 3 atom stereocenters. The fourth-order valence-electron chi connectivity index (χ4n) is 2.15. The van der Waals surface area contributed by atoms with E-state index in [-0.39, 0.29) is 12.2 Å². The Morgan fingerprint density at radius 1 is 1.44 bits per heavy atom. The molecule has 1 aliphatic carbocycles. The van der Waals surface area contributed by atoms with E-state index in [1.807, 2.05) is 6.92 Å². The van der Waals surface area contributed by atoms with E-state index in [0.717, 1.165) is 24.8 Å². The van der Waals surface area contributed by atoms with Gasteiger partial charge in [-0.1, -0.05) is 32.1 Å². The predicted molar refractivity (Wildman–Crippen MR) is 61.1 cm³/mol. The first-order valence-electron chi connectivity index (χ1n) is 5.94. The van der Waals surface area contributed by atoms with E-state index in [1.54, 1.807) is 0 Å². The standard InChI is InChI=1S/C13H18O3/c1-3-11-8-12(16-13(14)15-11)10-6-4-5-9(2)7-10/h4,6-7,9,11-12H,3,5,8H2,1-2H3/t9?,11-,12-/m0/s1. The number of carbonyl (C=O) groups excluding carboxylic acids is 1. The summed E-state index contributed by atoms with van der Waals surface area (Å²) < 4.78 is 10.3. The normalized spacial score (nSPS) is 34.0. The van der Waals surface area contributed by atoms with Crippen molar-refractivity contribution in [3.63, 3.8) is 0 Å². The smallest absolute Gasteiger partial charge is 0.431 e. The molecule has 3 nitrogen and oxygen atoms in total. The van der Waals surface area contributed by atoms with Gasteiger partial charge in [-0.05, 0) is 24.3 Å². The maximum atomic E-state index is 11.3. The molecular formula is C13H18O3. The summed E-state index contributed by atoms with van der Waals surface area (Å²) in [4.78, 5) is 11.3. The first-order valence-corrected chi connectivity index (χ1v) is 5.94. The van der Waals surface area contributed by atoms with Crippen LogP contribution in [0.3, 0.4) is 0 Å². The quantitative estimate of drug-likeness (QED) is 0.673. The summed E-state index contributed by atoms with van der Waals surface area (Å²) in [5.41, 5.74) is 1.12. The summed E-state index contributed by atoms with van der Waals surface area (Å²) in [5, 5.41) is 0. The molecule has 16 heavy (non-hydrogen) atoms. The molecule has 0 aromatic heterocycles. The van der Waals surface area contributed by atoms with Crippen molar-refractivity contribution in [2.45, 2.75) is 45.3 Å². The Balaban J connectivity index is 2.08. The molecule has 2 rings (SSSR count). The van der Waals surface area contributed by atoms with Crippen LogP contribution in [-0.4, -0.2) is 18.4 Å². The van der Waals surface area contributed by atoms with Crippen LogP contribution in [0.15, 0.2) is 23.8 Å². The highest BCUT2D eigenvalue weighted by atomic mass is 16.7. The number of allylic oxidation sites excluding steroid dienone is 2. The first-order chi connectivity index (χ1) is 7.69. The summed E-state index contributed by atoms with van der Waals surface area (Å²) in [6.07, 6.45) is 8.43. The topological polar surface area (TPSA) is 35.5 Å². The number of hydrogen-bond donors (Lipinski definition) is 0. The van der Waals surface area contributed by atoms with Crippen molar-refractivity contribution >= 4 is 6.16 Å². The van der Waals surface area contributed by atoms with E-state index in [4.69, 9.17) is 9.47 Å². The second-order valence-electron chi connectivity index (χ2n) is 4.52. The lowest BCUT2D eigenvalue weighted by Gasteiger charge is -2.30. The van der Waals surface area contributed by atoms with E-state index in [9.17, 15) is 4.79 Å². The highest BCUT2D eigenvalue weighted by Crippen LogP contribution is 2.27. The molecule has 0 bridgehead atoms. The third-order valence-electron chi connectivity index (χ3n) is 3.10. The molecule has 1 aliphatic heterocycles. The van der Waals surface area contributed by atoms with Gasteiger partial charge in [-0.2, -0.15) is 0 Å². The summed E-state index contributed by atoms with van der Waals surface area (Å²) in [7, 11) is 0. The average Bonchev–Trinajstić information content (AvgIpc) is 2.28. The van der Waals surface area contributed by atoms with Gasteiger partial charge in [0.25, 0.3) is 0 Å². The summed E-state index contributed by atoms with van der Waals surface area (Å²) >= 11 is 0. The highest BCUT2D eigenvalue weighted by Gasteiger charge is 2.30. The van der Waals surface area contributed by atoms with E-state index >= 15 is 0 Å². The fourth-order valence-corrected chi connectivity index (χ4v) is 2.15. The minimum atomic E-state index is -0.532. The van der Waals surface area contributed by atoms with Crippen LogP contribution >= 0.6 is 0 Å². The van der Waals surface area contributed by atoms with Crippen LogP contribution in [0.4, 0.5) is 4.79 Å². The van der Waals surface area contributed by atoms with Crippen molar-refractivity contribution in [3.05, 3.63) is 23.8 Å². The van der Waals surface area contributed by atoms with Crippen molar-refractivity contribution < 1.29 is 14.3 Å². The van der Waals surface area contributed by atoms with Gasteiger partial charge in [-0.15, -0.1) is 0 Å². The van der Waals surface area contributed by atoms with Gasteiger partial charge in [0, 0.05) is 6.42 Å². The van der Waals surface area contributed by atoms with E-state index in [1.165, 1.54) is 0 Å². The molecule has 3 heteroatoms. The molecule has 1 unspecified atom stereocenters. The molecule has 0 aromatic rings.